The van der Waals surface area contributed by atoms with Gasteiger partial charge in [-0.1, -0.05) is 11.6 Å². The van der Waals surface area contributed by atoms with Crippen LogP contribution in [0, 0.1) is 24.7 Å². The highest BCUT2D eigenvalue weighted by molar-refractivity contribution is 4.97. The summed E-state index contributed by atoms with van der Waals surface area (Å²) in [6.07, 6.45) is 9.63. The van der Waals surface area contributed by atoms with Crippen molar-refractivity contribution in [3.63, 3.8) is 0 Å². The summed E-state index contributed by atoms with van der Waals surface area (Å²) >= 11 is 0. The van der Waals surface area contributed by atoms with Gasteiger partial charge in [-0.15, -0.1) is 0 Å². The van der Waals surface area contributed by atoms with Crippen LogP contribution in [-0.2, 0) is 6.42 Å². The maximum atomic E-state index is 5.10. The molecular formula is C16H25N3O. The van der Waals surface area contributed by atoms with Crippen molar-refractivity contribution in [2.24, 2.45) is 17.8 Å². The van der Waals surface area contributed by atoms with E-state index in [-0.39, 0.29) is 0 Å². The summed E-state index contributed by atoms with van der Waals surface area (Å²) in [6, 6.07) is 0.892. The first-order valence-corrected chi connectivity index (χ1v) is 8.31. The van der Waals surface area contributed by atoms with E-state index < -0.39 is 0 Å². The zero-order chi connectivity index (χ0) is 13.5. The molecule has 0 amide bonds. The molecule has 20 heavy (non-hydrogen) atoms. The smallest absolute Gasteiger partial charge is 0.223 e. The SMILES string of the molecule is Cc1nc(CC2CCCN(C3CC4CCC3C4)C2)no1. The Labute approximate surface area is 120 Å². The number of rotatable bonds is 3. The molecule has 4 atom stereocenters. The molecule has 1 aromatic heterocycles. The highest BCUT2D eigenvalue weighted by Gasteiger charge is 2.43. The van der Waals surface area contributed by atoms with Crippen molar-refractivity contribution in [3.8, 4) is 0 Å². The third-order valence-electron chi connectivity index (χ3n) is 5.76. The fraction of sp³-hybridized carbons (Fsp3) is 0.875. The van der Waals surface area contributed by atoms with E-state index in [1.807, 2.05) is 6.92 Å². The third-order valence-corrected chi connectivity index (χ3v) is 5.76. The maximum Gasteiger partial charge on any atom is 0.223 e. The van der Waals surface area contributed by atoms with Crippen molar-refractivity contribution in [3.05, 3.63) is 11.7 Å². The average Bonchev–Trinajstić information content (AvgIpc) is 3.16. The lowest BCUT2D eigenvalue weighted by atomic mass is 9.88. The van der Waals surface area contributed by atoms with Crippen molar-refractivity contribution in [1.29, 1.82) is 0 Å². The van der Waals surface area contributed by atoms with Gasteiger partial charge in [-0.25, -0.2) is 0 Å². The summed E-state index contributed by atoms with van der Waals surface area (Å²) in [6.45, 7) is 4.44. The first-order valence-electron chi connectivity index (χ1n) is 8.31. The van der Waals surface area contributed by atoms with Gasteiger partial charge in [0.2, 0.25) is 5.89 Å². The van der Waals surface area contributed by atoms with Crippen LogP contribution in [0.1, 0.15) is 50.2 Å². The minimum atomic E-state index is 0.695. The lowest BCUT2D eigenvalue weighted by molar-refractivity contribution is 0.0878. The molecule has 0 spiro atoms. The Morgan fingerprint density at radius 1 is 1.25 bits per heavy atom. The number of aromatic nitrogens is 2. The molecule has 0 radical (unpaired) electrons. The molecule has 1 saturated heterocycles. The molecule has 3 aliphatic rings. The Morgan fingerprint density at radius 3 is 2.90 bits per heavy atom. The van der Waals surface area contributed by atoms with Crippen LogP contribution in [0.5, 0.6) is 0 Å². The predicted octanol–water partition coefficient (Wildman–Crippen LogP) is 2.82. The quantitative estimate of drug-likeness (QED) is 0.850. The molecule has 2 saturated carbocycles. The van der Waals surface area contributed by atoms with Gasteiger partial charge in [-0.2, -0.15) is 4.98 Å². The number of aryl methyl sites for hydroxylation is 1. The highest BCUT2D eigenvalue weighted by atomic mass is 16.5. The molecule has 110 valence electrons. The zero-order valence-corrected chi connectivity index (χ0v) is 12.4. The van der Waals surface area contributed by atoms with Crippen molar-refractivity contribution >= 4 is 0 Å². The number of hydrogen-bond acceptors (Lipinski definition) is 4. The average molecular weight is 275 g/mol. The van der Waals surface area contributed by atoms with Crippen LogP contribution in [0.25, 0.3) is 0 Å². The Kier molecular flexibility index (Phi) is 3.29. The molecule has 0 N–H and O–H groups in total. The van der Waals surface area contributed by atoms with Crippen molar-refractivity contribution in [2.75, 3.05) is 13.1 Å². The molecule has 3 fully saturated rings. The van der Waals surface area contributed by atoms with E-state index in [0.29, 0.717) is 5.89 Å². The zero-order valence-electron chi connectivity index (χ0n) is 12.4. The Hall–Kier alpha value is -0.900. The van der Waals surface area contributed by atoms with E-state index in [1.54, 1.807) is 0 Å². The summed E-state index contributed by atoms with van der Waals surface area (Å²) in [5.74, 6) is 4.37. The number of piperidine rings is 1. The lowest BCUT2D eigenvalue weighted by Crippen LogP contribution is -2.45. The first kappa shape index (κ1) is 12.8. The van der Waals surface area contributed by atoms with E-state index in [0.717, 1.165) is 36.0 Å². The number of nitrogens with zero attached hydrogens (tertiary/aromatic N) is 3. The molecule has 2 aliphatic carbocycles. The minimum Gasteiger partial charge on any atom is -0.340 e. The van der Waals surface area contributed by atoms with E-state index in [1.165, 1.54) is 51.6 Å². The molecule has 4 rings (SSSR count). The molecule has 4 nitrogen and oxygen atoms in total. The van der Waals surface area contributed by atoms with Gasteiger partial charge >= 0.3 is 0 Å². The van der Waals surface area contributed by atoms with Gasteiger partial charge in [0.05, 0.1) is 0 Å². The summed E-state index contributed by atoms with van der Waals surface area (Å²) in [5.41, 5.74) is 0. The van der Waals surface area contributed by atoms with Crippen LogP contribution < -0.4 is 0 Å². The monoisotopic (exact) mass is 275 g/mol. The van der Waals surface area contributed by atoms with E-state index in [2.05, 4.69) is 15.0 Å². The summed E-state index contributed by atoms with van der Waals surface area (Å²) in [5, 5.41) is 4.07. The third kappa shape index (κ3) is 2.39. The Bertz CT molecular complexity index is 472. The normalized spacial score (nSPS) is 37.6. The Morgan fingerprint density at radius 2 is 2.20 bits per heavy atom. The van der Waals surface area contributed by atoms with Gasteiger partial charge < -0.3 is 4.52 Å². The van der Waals surface area contributed by atoms with Gasteiger partial charge in [-0.3, -0.25) is 4.90 Å². The van der Waals surface area contributed by atoms with Gasteiger partial charge in [0, 0.05) is 25.9 Å². The van der Waals surface area contributed by atoms with Crippen molar-refractivity contribution in [1.82, 2.24) is 15.0 Å². The van der Waals surface area contributed by atoms with Gasteiger partial charge in [-0.05, 0) is 56.4 Å². The van der Waals surface area contributed by atoms with E-state index >= 15 is 0 Å². The second kappa shape index (κ2) is 5.14. The van der Waals surface area contributed by atoms with Crippen LogP contribution in [0.4, 0.5) is 0 Å². The lowest BCUT2D eigenvalue weighted by Gasteiger charge is -2.40. The summed E-state index contributed by atoms with van der Waals surface area (Å²) < 4.78 is 5.10. The molecule has 1 aliphatic heterocycles. The number of hydrogen-bond donors (Lipinski definition) is 0. The largest absolute Gasteiger partial charge is 0.340 e. The van der Waals surface area contributed by atoms with E-state index in [4.69, 9.17) is 4.52 Å². The molecule has 2 bridgehead atoms. The van der Waals surface area contributed by atoms with Gasteiger partial charge in [0.1, 0.15) is 0 Å². The van der Waals surface area contributed by atoms with Crippen molar-refractivity contribution < 1.29 is 4.52 Å². The molecule has 4 heteroatoms. The number of fused-ring (bicyclic) bond motifs is 2. The highest BCUT2D eigenvalue weighted by Crippen LogP contribution is 2.47. The summed E-state index contributed by atoms with van der Waals surface area (Å²) in [4.78, 5) is 7.17. The van der Waals surface area contributed by atoms with Crippen LogP contribution in [0.15, 0.2) is 4.52 Å². The molecule has 4 unspecified atom stereocenters. The second-order valence-corrected chi connectivity index (χ2v) is 7.18. The van der Waals surface area contributed by atoms with Crippen molar-refractivity contribution in [2.45, 2.75) is 57.9 Å². The first-order chi connectivity index (χ1) is 9.78. The molecular weight excluding hydrogens is 250 g/mol. The molecule has 0 aromatic carbocycles. The molecule has 2 heterocycles. The van der Waals surface area contributed by atoms with Crippen LogP contribution in [-0.4, -0.2) is 34.2 Å². The van der Waals surface area contributed by atoms with Gasteiger partial charge in [0.25, 0.3) is 0 Å². The summed E-state index contributed by atoms with van der Waals surface area (Å²) in [7, 11) is 0. The predicted molar refractivity (Wildman–Crippen MR) is 76.3 cm³/mol. The number of likely N-dealkylation sites (tertiary alicyclic amines) is 1. The standard InChI is InChI=1S/C16H25N3O/c1-11-17-16(18-20-11)9-13-3-2-6-19(10-13)15-8-12-4-5-14(15)7-12/h12-15H,2-10H2,1H3. The minimum absolute atomic E-state index is 0.695. The van der Waals surface area contributed by atoms with E-state index in [9.17, 15) is 0 Å². The van der Waals surface area contributed by atoms with Gasteiger partial charge in [0.15, 0.2) is 5.82 Å². The van der Waals surface area contributed by atoms with Crippen LogP contribution in [0.3, 0.4) is 0 Å². The maximum absolute atomic E-state index is 5.10. The Balaban J connectivity index is 1.38. The fourth-order valence-electron chi connectivity index (χ4n) is 4.91. The van der Waals surface area contributed by atoms with Crippen LogP contribution >= 0.6 is 0 Å². The second-order valence-electron chi connectivity index (χ2n) is 7.18. The van der Waals surface area contributed by atoms with Crippen LogP contribution in [0.2, 0.25) is 0 Å². The fourth-order valence-corrected chi connectivity index (χ4v) is 4.91. The molecule has 1 aromatic rings. The topological polar surface area (TPSA) is 42.2 Å².